The summed E-state index contributed by atoms with van der Waals surface area (Å²) in [4.78, 5) is 12.1. The zero-order valence-corrected chi connectivity index (χ0v) is 12.6. The van der Waals surface area contributed by atoms with Crippen LogP contribution in [0.3, 0.4) is 0 Å². The molecule has 0 saturated heterocycles. The molecule has 0 unspecified atom stereocenters. The second-order valence-electron chi connectivity index (χ2n) is 4.28. The smallest absolute Gasteiger partial charge is 0.251 e. The Morgan fingerprint density at radius 1 is 1.30 bits per heavy atom. The van der Waals surface area contributed by atoms with Gasteiger partial charge in [-0.2, -0.15) is 0 Å². The number of rotatable bonds is 4. The highest BCUT2D eigenvalue weighted by Gasteiger charge is 2.08. The molecule has 5 heteroatoms. The van der Waals surface area contributed by atoms with Crippen molar-refractivity contribution in [2.45, 2.75) is 6.54 Å². The van der Waals surface area contributed by atoms with Gasteiger partial charge in [-0.1, -0.05) is 12.1 Å². The van der Waals surface area contributed by atoms with E-state index in [1.807, 2.05) is 24.3 Å². The first kappa shape index (κ1) is 14.4. The number of hydrogen-bond donors (Lipinski definition) is 2. The van der Waals surface area contributed by atoms with Crippen molar-refractivity contribution in [1.29, 1.82) is 0 Å². The Bertz CT molecular complexity index is 629. The molecule has 4 nitrogen and oxygen atoms in total. The van der Waals surface area contributed by atoms with Crippen LogP contribution < -0.4 is 15.8 Å². The fourth-order valence-electron chi connectivity index (χ4n) is 1.80. The zero-order chi connectivity index (χ0) is 14.5. The highest BCUT2D eigenvalue weighted by molar-refractivity contribution is 9.10. The maximum absolute atomic E-state index is 12.1. The molecule has 0 atom stereocenters. The van der Waals surface area contributed by atoms with Gasteiger partial charge in [0.1, 0.15) is 5.75 Å². The standard InChI is InChI=1S/C15H15BrN2O2/c1-20-14-6-5-11(8-13(14)16)15(19)18-9-10-3-2-4-12(17)7-10/h2-8H,9,17H2,1H3,(H,18,19). The molecule has 0 aliphatic rings. The van der Waals surface area contributed by atoms with Gasteiger partial charge < -0.3 is 15.8 Å². The topological polar surface area (TPSA) is 64.3 Å². The number of nitrogens with one attached hydrogen (secondary N) is 1. The van der Waals surface area contributed by atoms with Crippen molar-refractivity contribution in [3.63, 3.8) is 0 Å². The molecule has 0 fully saturated rings. The van der Waals surface area contributed by atoms with Gasteiger partial charge in [-0.05, 0) is 51.8 Å². The normalized spacial score (nSPS) is 10.1. The molecule has 1 amide bonds. The van der Waals surface area contributed by atoms with E-state index in [-0.39, 0.29) is 5.91 Å². The van der Waals surface area contributed by atoms with E-state index >= 15 is 0 Å². The summed E-state index contributed by atoms with van der Waals surface area (Å²) in [6.45, 7) is 0.438. The maximum Gasteiger partial charge on any atom is 0.251 e. The number of benzene rings is 2. The summed E-state index contributed by atoms with van der Waals surface area (Å²) >= 11 is 3.36. The number of carbonyl (C=O) groups excluding carboxylic acids is 1. The predicted octanol–water partition coefficient (Wildman–Crippen LogP) is 2.97. The molecule has 104 valence electrons. The van der Waals surface area contributed by atoms with Crippen molar-refractivity contribution >= 4 is 27.5 Å². The molecule has 20 heavy (non-hydrogen) atoms. The molecule has 0 aliphatic heterocycles. The van der Waals surface area contributed by atoms with Gasteiger partial charge in [-0.3, -0.25) is 4.79 Å². The Morgan fingerprint density at radius 2 is 2.10 bits per heavy atom. The van der Waals surface area contributed by atoms with Crippen LogP contribution in [0.4, 0.5) is 5.69 Å². The van der Waals surface area contributed by atoms with E-state index in [4.69, 9.17) is 10.5 Å². The van der Waals surface area contributed by atoms with Crippen LogP contribution in [0.2, 0.25) is 0 Å². The van der Waals surface area contributed by atoms with Gasteiger partial charge >= 0.3 is 0 Å². The van der Waals surface area contributed by atoms with E-state index < -0.39 is 0 Å². The van der Waals surface area contributed by atoms with E-state index in [9.17, 15) is 4.79 Å². The molecule has 2 rings (SSSR count). The molecule has 2 aromatic rings. The van der Waals surface area contributed by atoms with Crippen molar-refractivity contribution in [2.24, 2.45) is 0 Å². The van der Waals surface area contributed by atoms with Gasteiger partial charge in [0.05, 0.1) is 11.6 Å². The molecule has 0 bridgehead atoms. The highest BCUT2D eigenvalue weighted by Crippen LogP contribution is 2.25. The Morgan fingerprint density at radius 3 is 2.75 bits per heavy atom. The first-order chi connectivity index (χ1) is 9.60. The predicted molar refractivity (Wildman–Crippen MR) is 82.7 cm³/mol. The lowest BCUT2D eigenvalue weighted by Crippen LogP contribution is -2.22. The molecule has 3 N–H and O–H groups in total. The Kier molecular flexibility index (Phi) is 4.63. The molecule has 0 aromatic heterocycles. The molecule has 0 aliphatic carbocycles. The SMILES string of the molecule is COc1ccc(C(=O)NCc2cccc(N)c2)cc1Br. The summed E-state index contributed by atoms with van der Waals surface area (Å²) in [6.07, 6.45) is 0. The van der Waals surface area contributed by atoms with E-state index in [0.717, 1.165) is 10.0 Å². The third-order valence-corrected chi connectivity index (χ3v) is 3.44. The van der Waals surface area contributed by atoms with Gasteiger partial charge in [-0.15, -0.1) is 0 Å². The number of hydrogen-bond acceptors (Lipinski definition) is 3. The number of methoxy groups -OCH3 is 1. The third-order valence-electron chi connectivity index (χ3n) is 2.82. The van der Waals surface area contributed by atoms with E-state index in [0.29, 0.717) is 23.5 Å². The van der Waals surface area contributed by atoms with Crippen molar-refractivity contribution in [1.82, 2.24) is 5.32 Å². The summed E-state index contributed by atoms with van der Waals surface area (Å²) in [6, 6.07) is 12.6. The van der Waals surface area contributed by atoms with Crippen molar-refractivity contribution in [3.05, 3.63) is 58.1 Å². The first-order valence-electron chi connectivity index (χ1n) is 6.06. The molecule has 2 aromatic carbocycles. The number of nitrogens with two attached hydrogens (primary N) is 1. The number of halogens is 1. The number of nitrogen functional groups attached to an aromatic ring is 1. The summed E-state index contributed by atoms with van der Waals surface area (Å²) in [5.74, 6) is 0.549. The Labute approximate surface area is 126 Å². The average Bonchev–Trinajstić information content (AvgIpc) is 2.44. The molecule has 0 heterocycles. The molecular weight excluding hydrogens is 320 g/mol. The van der Waals surface area contributed by atoms with Crippen LogP contribution in [0.1, 0.15) is 15.9 Å². The minimum atomic E-state index is -0.143. The fraction of sp³-hybridized carbons (Fsp3) is 0.133. The zero-order valence-electron chi connectivity index (χ0n) is 11.0. The van der Waals surface area contributed by atoms with Crippen LogP contribution in [0, 0.1) is 0 Å². The van der Waals surface area contributed by atoms with Crippen LogP contribution >= 0.6 is 15.9 Å². The average molecular weight is 335 g/mol. The van der Waals surface area contributed by atoms with Crippen LogP contribution in [0.25, 0.3) is 0 Å². The summed E-state index contributed by atoms with van der Waals surface area (Å²) in [5.41, 5.74) is 7.91. The third kappa shape index (κ3) is 3.51. The van der Waals surface area contributed by atoms with Gasteiger partial charge in [0.15, 0.2) is 0 Å². The van der Waals surface area contributed by atoms with Crippen molar-refractivity contribution < 1.29 is 9.53 Å². The number of amides is 1. The molecule has 0 radical (unpaired) electrons. The Hall–Kier alpha value is -2.01. The lowest BCUT2D eigenvalue weighted by atomic mass is 10.1. The second kappa shape index (κ2) is 6.43. The van der Waals surface area contributed by atoms with Crippen LogP contribution in [0.5, 0.6) is 5.75 Å². The van der Waals surface area contributed by atoms with Gasteiger partial charge in [0.25, 0.3) is 5.91 Å². The van der Waals surface area contributed by atoms with Gasteiger partial charge in [-0.25, -0.2) is 0 Å². The number of carbonyl (C=O) groups is 1. The largest absolute Gasteiger partial charge is 0.496 e. The minimum absolute atomic E-state index is 0.143. The van der Waals surface area contributed by atoms with Crippen LogP contribution in [-0.2, 0) is 6.54 Å². The van der Waals surface area contributed by atoms with E-state index in [1.54, 1.807) is 25.3 Å². The van der Waals surface area contributed by atoms with Crippen LogP contribution in [0.15, 0.2) is 46.9 Å². The summed E-state index contributed by atoms with van der Waals surface area (Å²) < 4.78 is 5.88. The fourth-order valence-corrected chi connectivity index (χ4v) is 2.34. The lowest BCUT2D eigenvalue weighted by molar-refractivity contribution is 0.0951. The van der Waals surface area contributed by atoms with Crippen molar-refractivity contribution in [2.75, 3.05) is 12.8 Å². The van der Waals surface area contributed by atoms with Gasteiger partial charge in [0, 0.05) is 17.8 Å². The molecular formula is C15H15BrN2O2. The number of anilines is 1. The minimum Gasteiger partial charge on any atom is -0.496 e. The highest BCUT2D eigenvalue weighted by atomic mass is 79.9. The quantitative estimate of drug-likeness (QED) is 0.845. The monoisotopic (exact) mass is 334 g/mol. The summed E-state index contributed by atoms with van der Waals surface area (Å²) in [5, 5.41) is 2.85. The Balaban J connectivity index is 2.03. The summed E-state index contributed by atoms with van der Waals surface area (Å²) in [7, 11) is 1.58. The molecule has 0 saturated carbocycles. The van der Waals surface area contributed by atoms with E-state index in [1.165, 1.54) is 0 Å². The molecule has 0 spiro atoms. The van der Waals surface area contributed by atoms with Crippen LogP contribution in [-0.4, -0.2) is 13.0 Å². The number of ether oxygens (including phenoxy) is 1. The van der Waals surface area contributed by atoms with Crippen molar-refractivity contribution in [3.8, 4) is 5.75 Å². The first-order valence-corrected chi connectivity index (χ1v) is 6.85. The maximum atomic E-state index is 12.1. The lowest BCUT2D eigenvalue weighted by Gasteiger charge is -2.08. The van der Waals surface area contributed by atoms with E-state index in [2.05, 4.69) is 21.2 Å². The second-order valence-corrected chi connectivity index (χ2v) is 5.13. The van der Waals surface area contributed by atoms with Gasteiger partial charge in [0.2, 0.25) is 0 Å².